The maximum absolute atomic E-state index is 13.1. The third-order valence-corrected chi connectivity index (χ3v) is 5.57. The van der Waals surface area contributed by atoms with E-state index in [9.17, 15) is 14.4 Å². The maximum Gasteiger partial charge on any atom is 0.331 e. The summed E-state index contributed by atoms with van der Waals surface area (Å²) >= 11 is 1.58. The van der Waals surface area contributed by atoms with E-state index in [0.29, 0.717) is 23.1 Å². The Morgan fingerprint density at radius 3 is 2.66 bits per heavy atom. The lowest BCUT2D eigenvalue weighted by Crippen LogP contribution is -2.42. The van der Waals surface area contributed by atoms with Gasteiger partial charge in [-0.3, -0.25) is 18.7 Å². The van der Waals surface area contributed by atoms with Gasteiger partial charge >= 0.3 is 5.69 Å². The van der Waals surface area contributed by atoms with Crippen LogP contribution in [0.5, 0.6) is 0 Å². The molecule has 0 spiro atoms. The van der Waals surface area contributed by atoms with E-state index >= 15 is 0 Å². The average molecular weight is 409 g/mol. The molecule has 7 nitrogen and oxygen atoms in total. The van der Waals surface area contributed by atoms with Crippen LogP contribution in [0.2, 0.25) is 0 Å². The predicted octanol–water partition coefficient (Wildman–Crippen LogP) is 2.38. The average Bonchev–Trinajstić information content (AvgIpc) is 3.43. The van der Waals surface area contributed by atoms with Gasteiger partial charge in [-0.05, 0) is 42.1 Å². The van der Waals surface area contributed by atoms with E-state index < -0.39 is 5.69 Å². The highest BCUT2D eigenvalue weighted by atomic mass is 32.1. The minimum atomic E-state index is -0.488. The summed E-state index contributed by atoms with van der Waals surface area (Å²) in [6, 6.07) is 14.3. The Morgan fingerprint density at radius 2 is 1.90 bits per heavy atom. The van der Waals surface area contributed by atoms with Crippen molar-refractivity contribution in [1.82, 2.24) is 14.5 Å². The Morgan fingerprint density at radius 1 is 1.03 bits per heavy atom. The summed E-state index contributed by atoms with van der Waals surface area (Å²) in [4.78, 5) is 39.5. The third-order valence-electron chi connectivity index (χ3n) is 4.64. The zero-order valence-electron chi connectivity index (χ0n) is 15.5. The number of aromatic nitrogens is 2. The van der Waals surface area contributed by atoms with Crippen molar-refractivity contribution in [3.05, 3.63) is 91.6 Å². The summed E-state index contributed by atoms with van der Waals surface area (Å²) in [6.45, 7) is 0.312. The molecule has 0 unspecified atom stereocenters. The van der Waals surface area contributed by atoms with E-state index in [1.807, 2.05) is 17.5 Å². The molecule has 0 aliphatic carbocycles. The van der Waals surface area contributed by atoms with Gasteiger partial charge in [0.1, 0.15) is 12.3 Å². The first kappa shape index (κ1) is 18.9. The van der Waals surface area contributed by atoms with Crippen molar-refractivity contribution < 1.29 is 9.21 Å². The number of nitrogens with one attached hydrogen (secondary N) is 1. The number of rotatable bonds is 7. The van der Waals surface area contributed by atoms with Crippen LogP contribution < -0.4 is 16.6 Å². The van der Waals surface area contributed by atoms with E-state index in [2.05, 4.69) is 5.32 Å². The molecule has 0 atom stereocenters. The second-order valence-electron chi connectivity index (χ2n) is 6.53. The highest BCUT2D eigenvalue weighted by molar-refractivity contribution is 7.09. The summed E-state index contributed by atoms with van der Waals surface area (Å²) in [7, 11) is 0. The second kappa shape index (κ2) is 8.32. The number of aryl methyl sites for hydroxylation is 1. The van der Waals surface area contributed by atoms with E-state index in [-0.39, 0.29) is 31.1 Å². The number of amides is 1. The number of hydrogen-bond acceptors (Lipinski definition) is 5. The van der Waals surface area contributed by atoms with E-state index in [1.54, 1.807) is 47.7 Å². The number of fused-ring (bicyclic) bond motifs is 1. The van der Waals surface area contributed by atoms with Crippen LogP contribution in [0.25, 0.3) is 10.9 Å². The van der Waals surface area contributed by atoms with Crippen LogP contribution in [0.15, 0.2) is 74.2 Å². The van der Waals surface area contributed by atoms with Gasteiger partial charge in [0.05, 0.1) is 23.7 Å². The summed E-state index contributed by atoms with van der Waals surface area (Å²) < 4.78 is 7.76. The van der Waals surface area contributed by atoms with Gasteiger partial charge in [-0.25, -0.2) is 4.79 Å². The Kier molecular flexibility index (Phi) is 5.44. The van der Waals surface area contributed by atoms with Crippen molar-refractivity contribution in [3.8, 4) is 0 Å². The van der Waals surface area contributed by atoms with Gasteiger partial charge in [0.15, 0.2) is 0 Å². The lowest BCUT2D eigenvalue weighted by molar-refractivity contribution is -0.121. The molecule has 0 bridgehead atoms. The molecule has 3 heterocycles. The molecule has 148 valence electrons. The van der Waals surface area contributed by atoms with E-state index in [4.69, 9.17) is 4.42 Å². The molecule has 8 heteroatoms. The van der Waals surface area contributed by atoms with Gasteiger partial charge in [0.2, 0.25) is 5.91 Å². The Hall–Kier alpha value is -3.39. The second-order valence-corrected chi connectivity index (χ2v) is 7.56. The third kappa shape index (κ3) is 4.07. The van der Waals surface area contributed by atoms with Crippen molar-refractivity contribution in [3.63, 3.8) is 0 Å². The molecule has 29 heavy (non-hydrogen) atoms. The highest BCUT2D eigenvalue weighted by Gasteiger charge is 2.15. The fraction of sp³-hybridized carbons (Fsp3) is 0.190. The van der Waals surface area contributed by atoms with Crippen molar-refractivity contribution in [2.45, 2.75) is 26.1 Å². The van der Waals surface area contributed by atoms with Crippen LogP contribution in [0.1, 0.15) is 10.6 Å². The first-order chi connectivity index (χ1) is 14.1. The van der Waals surface area contributed by atoms with Crippen molar-refractivity contribution >= 4 is 28.1 Å². The molecule has 0 fully saturated rings. The molecular weight excluding hydrogens is 390 g/mol. The van der Waals surface area contributed by atoms with Gasteiger partial charge in [-0.1, -0.05) is 18.2 Å². The first-order valence-electron chi connectivity index (χ1n) is 9.17. The van der Waals surface area contributed by atoms with Crippen LogP contribution in [-0.2, 0) is 30.8 Å². The van der Waals surface area contributed by atoms with Gasteiger partial charge in [-0.2, -0.15) is 0 Å². The van der Waals surface area contributed by atoms with Crippen molar-refractivity contribution in [2.24, 2.45) is 0 Å². The molecule has 0 aliphatic heterocycles. The number of carbonyl (C=O) groups excluding carboxylic acids is 1. The first-order valence-corrected chi connectivity index (χ1v) is 10.1. The Balaban J connectivity index is 1.65. The number of benzene rings is 1. The molecule has 0 aliphatic rings. The van der Waals surface area contributed by atoms with Crippen molar-refractivity contribution in [1.29, 1.82) is 0 Å². The van der Waals surface area contributed by atoms with Gasteiger partial charge in [0, 0.05) is 11.4 Å². The molecule has 1 aromatic carbocycles. The quantitative estimate of drug-likeness (QED) is 0.508. The minimum absolute atomic E-state index is 0.181. The number of hydrogen-bond donors (Lipinski definition) is 1. The Labute approximate surface area is 169 Å². The maximum atomic E-state index is 13.1. The van der Waals surface area contributed by atoms with Crippen LogP contribution in [-0.4, -0.2) is 15.0 Å². The van der Waals surface area contributed by atoms with Gasteiger partial charge in [-0.15, -0.1) is 11.3 Å². The number of para-hydroxylation sites is 1. The molecule has 0 saturated carbocycles. The molecular formula is C21H19N3O4S. The minimum Gasteiger partial charge on any atom is -0.467 e. The lowest BCUT2D eigenvalue weighted by Gasteiger charge is -2.14. The van der Waals surface area contributed by atoms with E-state index in [1.165, 1.54) is 15.4 Å². The number of thiophene rings is 1. The summed E-state index contributed by atoms with van der Waals surface area (Å²) in [5.41, 5.74) is -0.379. The van der Waals surface area contributed by atoms with Crippen molar-refractivity contribution in [2.75, 3.05) is 0 Å². The standard InChI is InChI=1S/C21H19N3O4S/c25-19(22-13-15-5-3-11-28-15)14-24-18-8-2-1-7-17(18)20(26)23(21(24)27)10-9-16-6-4-12-29-16/h1-8,11-12H,9-10,13-14H2,(H,22,25). The highest BCUT2D eigenvalue weighted by Crippen LogP contribution is 2.11. The normalized spacial score (nSPS) is 11.0. The monoisotopic (exact) mass is 409 g/mol. The van der Waals surface area contributed by atoms with E-state index in [0.717, 1.165) is 4.88 Å². The van der Waals surface area contributed by atoms with Gasteiger partial charge < -0.3 is 9.73 Å². The van der Waals surface area contributed by atoms with Crippen LogP contribution in [0, 0.1) is 0 Å². The topological polar surface area (TPSA) is 86.2 Å². The molecule has 1 amide bonds. The molecule has 0 radical (unpaired) electrons. The summed E-state index contributed by atoms with van der Waals surface area (Å²) in [6.07, 6.45) is 2.11. The lowest BCUT2D eigenvalue weighted by atomic mass is 10.2. The summed E-state index contributed by atoms with van der Waals surface area (Å²) in [5.74, 6) is 0.286. The summed E-state index contributed by atoms with van der Waals surface area (Å²) in [5, 5.41) is 5.11. The molecule has 4 aromatic rings. The fourth-order valence-electron chi connectivity index (χ4n) is 3.20. The smallest absolute Gasteiger partial charge is 0.331 e. The number of furan rings is 1. The number of nitrogens with zero attached hydrogens (tertiary/aromatic N) is 2. The van der Waals surface area contributed by atoms with Crippen LogP contribution in [0.4, 0.5) is 0 Å². The van der Waals surface area contributed by atoms with Gasteiger partial charge in [0.25, 0.3) is 5.56 Å². The zero-order valence-corrected chi connectivity index (χ0v) is 16.4. The molecule has 0 saturated heterocycles. The van der Waals surface area contributed by atoms with Crippen LogP contribution >= 0.6 is 11.3 Å². The zero-order chi connectivity index (χ0) is 20.2. The fourth-order valence-corrected chi connectivity index (χ4v) is 3.89. The molecule has 1 N–H and O–H groups in total. The predicted molar refractivity (Wildman–Crippen MR) is 111 cm³/mol. The molecule has 4 rings (SSSR count). The SMILES string of the molecule is O=C(Cn1c(=O)n(CCc2cccs2)c(=O)c2ccccc21)NCc1ccco1. The number of carbonyl (C=O) groups is 1. The molecule has 3 aromatic heterocycles. The largest absolute Gasteiger partial charge is 0.467 e. The van der Waals surface area contributed by atoms with Crippen LogP contribution in [0.3, 0.4) is 0 Å². The Bertz CT molecular complexity index is 1240.